The van der Waals surface area contributed by atoms with Gasteiger partial charge in [0.25, 0.3) is 0 Å². The molecule has 3 nitrogen and oxygen atoms in total. The molecule has 1 aromatic rings. The van der Waals surface area contributed by atoms with Crippen LogP contribution >= 0.6 is 0 Å². The quantitative estimate of drug-likeness (QED) is 0.900. The highest BCUT2D eigenvalue weighted by Crippen LogP contribution is 2.26. The van der Waals surface area contributed by atoms with Crippen LogP contribution < -0.4 is 5.73 Å². The largest absolute Gasteiger partial charge is 0.329 e. The van der Waals surface area contributed by atoms with Gasteiger partial charge in [-0.25, -0.2) is 4.39 Å². The molecule has 106 valence electrons. The maximum Gasteiger partial charge on any atom is 0.126 e. The molecule has 1 fully saturated rings. The van der Waals surface area contributed by atoms with Crippen LogP contribution in [0.3, 0.4) is 0 Å². The summed E-state index contributed by atoms with van der Waals surface area (Å²) in [5.41, 5.74) is 7.59. The van der Waals surface area contributed by atoms with E-state index in [1.54, 1.807) is 13.0 Å². The Morgan fingerprint density at radius 3 is 2.74 bits per heavy atom. The van der Waals surface area contributed by atoms with Gasteiger partial charge in [-0.1, -0.05) is 12.1 Å². The van der Waals surface area contributed by atoms with Crippen molar-refractivity contribution in [2.24, 2.45) is 5.73 Å². The Morgan fingerprint density at radius 2 is 2.21 bits per heavy atom. The standard InChI is InChI=1S/C15H24FN3/c1-11-4-5-12(8-14(11)16)15(9-17)19-7-6-13(10-19)18(2)3/h4-5,8,13,15H,6-7,9-10,17H2,1-3H3. The fourth-order valence-electron chi connectivity index (χ4n) is 2.79. The lowest BCUT2D eigenvalue weighted by Gasteiger charge is -2.28. The number of likely N-dealkylation sites (N-methyl/N-ethyl adjacent to an activating group) is 1. The van der Waals surface area contributed by atoms with Gasteiger partial charge in [-0.2, -0.15) is 0 Å². The fraction of sp³-hybridized carbons (Fsp3) is 0.600. The molecule has 1 saturated heterocycles. The molecule has 0 bridgehead atoms. The maximum atomic E-state index is 13.7. The molecule has 1 aromatic carbocycles. The highest BCUT2D eigenvalue weighted by molar-refractivity contribution is 5.26. The summed E-state index contributed by atoms with van der Waals surface area (Å²) in [6.07, 6.45) is 1.15. The summed E-state index contributed by atoms with van der Waals surface area (Å²) in [7, 11) is 4.22. The Bertz CT molecular complexity index is 433. The van der Waals surface area contributed by atoms with Crippen molar-refractivity contribution in [3.8, 4) is 0 Å². The molecule has 2 N–H and O–H groups in total. The van der Waals surface area contributed by atoms with Crippen LogP contribution in [0.4, 0.5) is 4.39 Å². The molecule has 0 radical (unpaired) electrons. The van der Waals surface area contributed by atoms with Crippen LogP contribution in [0, 0.1) is 12.7 Å². The highest BCUT2D eigenvalue weighted by Gasteiger charge is 2.29. The second kappa shape index (κ2) is 5.99. The molecule has 0 saturated carbocycles. The Balaban J connectivity index is 2.14. The first-order chi connectivity index (χ1) is 9.02. The predicted molar refractivity (Wildman–Crippen MR) is 76.6 cm³/mol. The number of rotatable bonds is 4. The number of nitrogens with two attached hydrogens (primary N) is 1. The summed E-state index contributed by atoms with van der Waals surface area (Å²) in [5, 5.41) is 0. The van der Waals surface area contributed by atoms with E-state index in [0.717, 1.165) is 25.1 Å². The molecule has 0 aliphatic carbocycles. The van der Waals surface area contributed by atoms with Crippen LogP contribution in [-0.4, -0.2) is 49.6 Å². The lowest BCUT2D eigenvalue weighted by atomic mass is 10.0. The first-order valence-corrected chi connectivity index (χ1v) is 6.89. The van der Waals surface area contributed by atoms with Gasteiger partial charge in [0.1, 0.15) is 5.82 Å². The van der Waals surface area contributed by atoms with Crippen LogP contribution in [0.2, 0.25) is 0 Å². The van der Waals surface area contributed by atoms with E-state index in [2.05, 4.69) is 23.9 Å². The van der Waals surface area contributed by atoms with Gasteiger partial charge in [0.05, 0.1) is 0 Å². The predicted octanol–water partition coefficient (Wildman–Crippen LogP) is 1.77. The van der Waals surface area contributed by atoms with Gasteiger partial charge in [0.15, 0.2) is 0 Å². The van der Waals surface area contributed by atoms with E-state index in [4.69, 9.17) is 5.73 Å². The topological polar surface area (TPSA) is 32.5 Å². The molecule has 1 aliphatic rings. The molecule has 19 heavy (non-hydrogen) atoms. The summed E-state index contributed by atoms with van der Waals surface area (Å²) < 4.78 is 13.7. The van der Waals surface area contributed by atoms with Crippen molar-refractivity contribution >= 4 is 0 Å². The van der Waals surface area contributed by atoms with Crippen LogP contribution in [0.1, 0.15) is 23.6 Å². The van der Waals surface area contributed by atoms with Gasteiger partial charge < -0.3 is 10.6 Å². The molecule has 0 aromatic heterocycles. The van der Waals surface area contributed by atoms with Gasteiger partial charge in [-0.15, -0.1) is 0 Å². The fourth-order valence-corrected chi connectivity index (χ4v) is 2.79. The Hall–Kier alpha value is -0.970. The van der Waals surface area contributed by atoms with Crippen molar-refractivity contribution in [3.63, 3.8) is 0 Å². The molecule has 0 spiro atoms. The van der Waals surface area contributed by atoms with E-state index in [1.165, 1.54) is 0 Å². The van der Waals surface area contributed by atoms with Gasteiger partial charge >= 0.3 is 0 Å². The van der Waals surface area contributed by atoms with Crippen molar-refractivity contribution < 1.29 is 4.39 Å². The number of hydrogen-bond acceptors (Lipinski definition) is 3. The van der Waals surface area contributed by atoms with Crippen molar-refractivity contribution in [2.75, 3.05) is 33.7 Å². The van der Waals surface area contributed by atoms with Gasteiger partial charge in [0, 0.05) is 31.7 Å². The van der Waals surface area contributed by atoms with Gasteiger partial charge in [-0.05, 0) is 44.6 Å². The molecular formula is C15H24FN3. The third-order valence-corrected chi connectivity index (χ3v) is 4.17. The Labute approximate surface area is 115 Å². The van der Waals surface area contributed by atoms with Crippen LogP contribution in [0.5, 0.6) is 0 Å². The summed E-state index contributed by atoms with van der Waals surface area (Å²) >= 11 is 0. The molecule has 0 amide bonds. The molecule has 1 heterocycles. The van der Waals surface area contributed by atoms with E-state index in [9.17, 15) is 4.39 Å². The molecule has 1 aliphatic heterocycles. The molecular weight excluding hydrogens is 241 g/mol. The SMILES string of the molecule is Cc1ccc(C(CN)N2CCC(N(C)C)C2)cc1F. The summed E-state index contributed by atoms with van der Waals surface area (Å²) in [6.45, 7) is 4.35. The number of nitrogens with zero attached hydrogens (tertiary/aromatic N) is 2. The Kier molecular flexibility index (Phi) is 4.55. The van der Waals surface area contributed by atoms with Crippen molar-refractivity contribution in [1.29, 1.82) is 0 Å². The Morgan fingerprint density at radius 1 is 1.47 bits per heavy atom. The number of hydrogen-bond donors (Lipinski definition) is 1. The van der Waals surface area contributed by atoms with Crippen LogP contribution in [-0.2, 0) is 0 Å². The minimum atomic E-state index is -0.140. The average Bonchev–Trinajstić information content (AvgIpc) is 2.84. The van der Waals surface area contributed by atoms with E-state index >= 15 is 0 Å². The third-order valence-electron chi connectivity index (χ3n) is 4.17. The van der Waals surface area contributed by atoms with Crippen molar-refractivity contribution in [1.82, 2.24) is 9.80 Å². The van der Waals surface area contributed by atoms with Crippen molar-refractivity contribution in [2.45, 2.75) is 25.4 Å². The minimum absolute atomic E-state index is 0.125. The minimum Gasteiger partial charge on any atom is -0.329 e. The van der Waals surface area contributed by atoms with Crippen LogP contribution in [0.15, 0.2) is 18.2 Å². The lowest BCUT2D eigenvalue weighted by Crippen LogP contribution is -2.36. The zero-order valence-corrected chi connectivity index (χ0v) is 12.1. The van der Waals surface area contributed by atoms with E-state index < -0.39 is 0 Å². The van der Waals surface area contributed by atoms with E-state index in [1.807, 2.05) is 12.1 Å². The smallest absolute Gasteiger partial charge is 0.126 e. The summed E-state index contributed by atoms with van der Waals surface area (Å²) in [5.74, 6) is -0.140. The molecule has 2 rings (SSSR count). The maximum absolute atomic E-state index is 13.7. The second-order valence-corrected chi connectivity index (χ2v) is 5.66. The molecule has 2 atom stereocenters. The zero-order valence-electron chi connectivity index (χ0n) is 12.1. The van der Waals surface area contributed by atoms with Gasteiger partial charge in [-0.3, -0.25) is 4.90 Å². The van der Waals surface area contributed by atoms with Gasteiger partial charge in [0.2, 0.25) is 0 Å². The third kappa shape index (κ3) is 3.14. The zero-order chi connectivity index (χ0) is 14.0. The van der Waals surface area contributed by atoms with Crippen LogP contribution in [0.25, 0.3) is 0 Å². The molecule has 2 unspecified atom stereocenters. The number of halogens is 1. The number of aryl methyl sites for hydroxylation is 1. The number of benzene rings is 1. The lowest BCUT2D eigenvalue weighted by molar-refractivity contribution is 0.220. The summed E-state index contributed by atoms with van der Waals surface area (Å²) in [6, 6.07) is 6.17. The number of likely N-dealkylation sites (tertiary alicyclic amines) is 1. The average molecular weight is 265 g/mol. The molecule has 4 heteroatoms. The normalized spacial score (nSPS) is 22.1. The monoisotopic (exact) mass is 265 g/mol. The first kappa shape index (κ1) is 14.4. The summed E-state index contributed by atoms with van der Waals surface area (Å²) in [4.78, 5) is 4.62. The highest BCUT2D eigenvalue weighted by atomic mass is 19.1. The van der Waals surface area contributed by atoms with E-state index in [0.29, 0.717) is 18.2 Å². The first-order valence-electron chi connectivity index (χ1n) is 6.89. The van der Waals surface area contributed by atoms with E-state index in [-0.39, 0.29) is 11.9 Å². The second-order valence-electron chi connectivity index (χ2n) is 5.66. The van der Waals surface area contributed by atoms with Crippen molar-refractivity contribution in [3.05, 3.63) is 35.1 Å².